The molecule has 0 saturated carbocycles. The fourth-order valence-corrected chi connectivity index (χ4v) is 8.03. The average Bonchev–Trinajstić information content (AvgIpc) is 3.09. The third-order valence-electron chi connectivity index (χ3n) is 13.4. The van der Waals surface area contributed by atoms with Gasteiger partial charge in [0.25, 0.3) is 0 Å². The summed E-state index contributed by atoms with van der Waals surface area (Å²) in [5, 5.41) is 21.0. The predicted molar refractivity (Wildman–Crippen MR) is 379 cm³/mol. The minimum atomic E-state index is 0.919. The highest BCUT2D eigenvalue weighted by molar-refractivity contribution is 5.55. The maximum Gasteiger partial charge on any atom is 0.155 e. The lowest BCUT2D eigenvalue weighted by Crippen LogP contribution is -1.91. The van der Waals surface area contributed by atoms with Gasteiger partial charge in [0.1, 0.15) is 23.9 Å². The lowest BCUT2D eigenvalue weighted by atomic mass is 10.2. The van der Waals surface area contributed by atoms with Gasteiger partial charge < -0.3 is 8.80 Å². The summed E-state index contributed by atoms with van der Waals surface area (Å²) in [6.45, 7) is 56.4. The van der Waals surface area contributed by atoms with Gasteiger partial charge in [0.15, 0.2) is 11.3 Å². The normalized spacial score (nSPS) is 9.54. The van der Waals surface area contributed by atoms with Crippen LogP contribution in [0, 0.1) is 96.9 Å². The van der Waals surface area contributed by atoms with Crippen LogP contribution < -0.4 is 0 Å². The van der Waals surface area contributed by atoms with E-state index in [1.165, 1.54) is 28.1 Å². The van der Waals surface area contributed by atoms with Gasteiger partial charge >= 0.3 is 0 Å². The molecule has 0 atom stereocenters. The number of aromatic nitrogens is 20. The minimum absolute atomic E-state index is 0.919. The van der Waals surface area contributed by atoms with Crippen molar-refractivity contribution in [2.24, 2.45) is 0 Å². The Labute approximate surface area is 542 Å². The summed E-state index contributed by atoms with van der Waals surface area (Å²) < 4.78 is 13.2. The number of hydrogen-bond donors (Lipinski definition) is 0. The predicted octanol–water partition coefficient (Wildman–Crippen LogP) is 17.2. The van der Waals surface area contributed by atoms with E-state index in [-0.39, 0.29) is 0 Å². The number of pyridine rings is 1. The maximum absolute atomic E-state index is 4.38. The first-order valence-corrected chi connectivity index (χ1v) is 32.0. The first kappa shape index (κ1) is 79.4. The van der Waals surface area contributed by atoms with Crippen LogP contribution in [-0.2, 0) is 0 Å². The molecule has 0 aliphatic rings. The van der Waals surface area contributed by atoms with E-state index in [0.29, 0.717) is 0 Å². The van der Waals surface area contributed by atoms with E-state index >= 15 is 0 Å². The smallest absolute Gasteiger partial charge is 0.155 e. The molecule has 14 aromatic heterocycles. The molecular formula is C71H106N20. The van der Waals surface area contributed by atoms with Crippen molar-refractivity contribution < 1.29 is 0 Å². The molecule has 0 amide bonds. The number of aryl methyl sites for hydroxylation is 14. The van der Waals surface area contributed by atoms with Crippen LogP contribution in [0.3, 0.4) is 0 Å². The Morgan fingerprint density at radius 1 is 0.286 bits per heavy atom. The molecule has 0 bridgehead atoms. The van der Waals surface area contributed by atoms with Gasteiger partial charge in [0, 0.05) is 72.9 Å². The SMILES string of the molecule is CC.CC.CC.CC.CC.CC.CC.Cc1nc2ccccn2c1C.Cc1nc2cccnn2c1C.Cc1nc2ccncn2c1C.Cc1nc2cnccn2c1C.Cc1nn2ccncc2c1C.Cc1nn2cnccc2c1C.Cc1nn2ncccc2c1C. The van der Waals surface area contributed by atoms with Gasteiger partial charge in [-0.05, 0) is 162 Å². The summed E-state index contributed by atoms with van der Waals surface area (Å²) in [5.41, 5.74) is 22.9. The molecular weight excluding hydrogens is 1130 g/mol. The van der Waals surface area contributed by atoms with Crippen LogP contribution in [0.25, 0.3) is 39.1 Å². The van der Waals surface area contributed by atoms with Crippen LogP contribution in [0.5, 0.6) is 0 Å². The van der Waals surface area contributed by atoms with Crippen LogP contribution in [0.1, 0.15) is 176 Å². The van der Waals surface area contributed by atoms with E-state index in [2.05, 4.69) is 104 Å². The molecule has 0 aromatic carbocycles. The van der Waals surface area contributed by atoms with Crippen LogP contribution in [0.15, 0.2) is 135 Å². The van der Waals surface area contributed by atoms with Crippen molar-refractivity contribution in [1.82, 2.24) is 96.7 Å². The summed E-state index contributed by atoms with van der Waals surface area (Å²) in [6.07, 6.45) is 23.4. The molecule has 0 aliphatic heterocycles. The molecule has 91 heavy (non-hydrogen) atoms. The number of fused-ring (bicyclic) bond motifs is 7. The van der Waals surface area contributed by atoms with E-state index in [1.54, 1.807) is 65.2 Å². The highest BCUT2D eigenvalue weighted by Gasteiger charge is 2.07. The molecule has 20 heteroatoms. The Morgan fingerprint density at radius 2 is 0.736 bits per heavy atom. The Kier molecular flexibility index (Phi) is 37.0. The van der Waals surface area contributed by atoms with Gasteiger partial charge in [-0.25, -0.2) is 43.5 Å². The second kappa shape index (κ2) is 42.4. The Balaban J connectivity index is 0.000000514. The highest BCUT2D eigenvalue weighted by atomic mass is 15.4. The molecule has 0 spiro atoms. The quantitative estimate of drug-likeness (QED) is 0.139. The van der Waals surface area contributed by atoms with Crippen molar-refractivity contribution in [2.45, 2.75) is 194 Å². The average molecular weight is 1240 g/mol. The molecule has 0 fully saturated rings. The molecule has 20 nitrogen and oxygen atoms in total. The molecule has 0 aliphatic carbocycles. The van der Waals surface area contributed by atoms with E-state index in [0.717, 1.165) is 90.4 Å². The minimum Gasteiger partial charge on any atom is -0.304 e. The van der Waals surface area contributed by atoms with E-state index in [1.807, 2.05) is 256 Å². The summed E-state index contributed by atoms with van der Waals surface area (Å²) in [5.74, 6) is 0. The number of nitrogens with zero attached hydrogens (tertiary/aromatic N) is 20. The monoisotopic (exact) mass is 1240 g/mol. The topological polar surface area (TPSA) is 198 Å². The molecule has 14 rings (SSSR count). The second-order valence-electron chi connectivity index (χ2n) is 18.3. The van der Waals surface area contributed by atoms with Crippen molar-refractivity contribution in [3.63, 3.8) is 0 Å². The van der Waals surface area contributed by atoms with Gasteiger partial charge in [-0.15, -0.1) is 0 Å². The summed E-state index contributed by atoms with van der Waals surface area (Å²) in [7, 11) is 0. The van der Waals surface area contributed by atoms with Crippen molar-refractivity contribution in [3.8, 4) is 0 Å². The van der Waals surface area contributed by atoms with Crippen molar-refractivity contribution in [3.05, 3.63) is 215 Å². The molecule has 0 unspecified atom stereocenters. The van der Waals surface area contributed by atoms with Gasteiger partial charge in [-0.2, -0.15) is 30.1 Å². The molecule has 0 saturated heterocycles. The van der Waals surface area contributed by atoms with Crippen LogP contribution in [0.2, 0.25) is 0 Å². The second-order valence-corrected chi connectivity index (χ2v) is 18.3. The first-order chi connectivity index (χ1) is 44.0. The Bertz CT molecular complexity index is 3490. The zero-order valence-corrected chi connectivity index (χ0v) is 60.1. The lowest BCUT2D eigenvalue weighted by Gasteiger charge is -1.92. The molecule has 490 valence electrons. The van der Waals surface area contributed by atoms with Crippen molar-refractivity contribution in [1.29, 1.82) is 0 Å². The Hall–Kier alpha value is -9.59. The van der Waals surface area contributed by atoms with Crippen LogP contribution in [0.4, 0.5) is 0 Å². The standard InChI is InChI=1S/C9H10N2.6C8H9N3.7C2H6/c1-7-8(2)11-6-4-3-5-9(11)10-7;1-6-7(2)11-4-3-9-5-8(11)10-6;1-6-7(2)10-11-4-3-9-5-8(6)11;1-6-7(2)11-5-9-4-3-8(11)10-6;1-6-7(2)10-11-5-9-4-3-8(6)11;1-6-7(2)11-8(10-6)4-3-5-9-11;1-6-7(2)10-11-8(6)4-3-5-9-11;7*1-2/h3-6H,1-2H3;6*3-5H,1-2H3;7*1-2H3. The van der Waals surface area contributed by atoms with Crippen LogP contribution >= 0.6 is 0 Å². The number of imidazole rings is 4. The van der Waals surface area contributed by atoms with Gasteiger partial charge in [0.05, 0.1) is 74.5 Å². The van der Waals surface area contributed by atoms with Gasteiger partial charge in [0.2, 0.25) is 0 Å². The lowest BCUT2D eigenvalue weighted by molar-refractivity contribution is 0.787. The molecule has 0 radical (unpaired) electrons. The summed E-state index contributed by atoms with van der Waals surface area (Å²) in [6, 6.07) is 17.7. The fraction of sp³-hybridized carbons (Fsp3) is 0.394. The van der Waals surface area contributed by atoms with E-state index in [4.69, 9.17) is 0 Å². The van der Waals surface area contributed by atoms with E-state index in [9.17, 15) is 0 Å². The maximum atomic E-state index is 4.38. The molecule has 14 aromatic rings. The van der Waals surface area contributed by atoms with Crippen molar-refractivity contribution in [2.75, 3.05) is 0 Å². The summed E-state index contributed by atoms with van der Waals surface area (Å²) in [4.78, 5) is 33.3. The number of hydrogen-bond acceptors (Lipinski definition) is 13. The zero-order valence-electron chi connectivity index (χ0n) is 60.1. The third-order valence-corrected chi connectivity index (χ3v) is 13.4. The fourth-order valence-electron chi connectivity index (χ4n) is 8.03. The third kappa shape index (κ3) is 21.6. The van der Waals surface area contributed by atoms with Gasteiger partial charge in [-0.3, -0.25) is 14.4 Å². The van der Waals surface area contributed by atoms with Crippen LogP contribution in [-0.4, -0.2) is 96.7 Å². The zero-order chi connectivity index (χ0) is 68.9. The van der Waals surface area contributed by atoms with E-state index < -0.39 is 0 Å². The molecule has 14 heterocycles. The first-order valence-electron chi connectivity index (χ1n) is 32.0. The Morgan fingerprint density at radius 3 is 1.30 bits per heavy atom. The highest BCUT2D eigenvalue weighted by Crippen LogP contribution is 2.15. The van der Waals surface area contributed by atoms with Gasteiger partial charge in [-0.1, -0.05) is 103 Å². The van der Waals surface area contributed by atoms with Crippen molar-refractivity contribution >= 4 is 39.1 Å². The molecule has 0 N–H and O–H groups in total. The largest absolute Gasteiger partial charge is 0.304 e. The number of rotatable bonds is 0. The summed E-state index contributed by atoms with van der Waals surface area (Å²) >= 11 is 0.